The first-order chi connectivity index (χ1) is 6.41. The molecule has 1 saturated heterocycles. The molecular weight excluding hydrogens is 208 g/mol. The molecule has 5 heteroatoms. The van der Waals surface area contributed by atoms with Gasteiger partial charge in [-0.1, -0.05) is 6.92 Å². The number of halogens is 1. The topological polar surface area (TPSA) is 60.4 Å². The van der Waals surface area contributed by atoms with Gasteiger partial charge in [0.1, 0.15) is 0 Å². The number of carbonyl (C=O) groups excluding carboxylic acids is 3. The maximum atomic E-state index is 11.4. The van der Waals surface area contributed by atoms with Gasteiger partial charge in [0.15, 0.2) is 0 Å². The minimum Gasteiger partial charge on any atom is -0.393 e. The molecule has 4 nitrogen and oxygen atoms in total. The molecule has 1 heterocycles. The van der Waals surface area contributed by atoms with Crippen molar-refractivity contribution in [3.05, 3.63) is 0 Å². The van der Waals surface area contributed by atoms with Gasteiger partial charge in [-0.2, -0.15) is 0 Å². The Morgan fingerprint density at radius 3 is 2.50 bits per heavy atom. The van der Waals surface area contributed by atoms with E-state index in [1.54, 1.807) is 6.92 Å². The number of rotatable bonds is 3. The number of ether oxygens (including phenoxy) is 1. The van der Waals surface area contributed by atoms with Gasteiger partial charge >= 0.3 is 11.9 Å². The maximum absolute atomic E-state index is 11.4. The highest BCUT2D eigenvalue weighted by Gasteiger charge is 2.52. The van der Waals surface area contributed by atoms with Gasteiger partial charge in [0, 0.05) is 5.92 Å². The maximum Gasteiger partial charge on any atom is 0.320 e. The number of hydrogen-bond donors (Lipinski definition) is 0. The van der Waals surface area contributed by atoms with E-state index in [1.807, 2.05) is 0 Å². The normalized spacial score (nSPS) is 28.8. The fourth-order valence-corrected chi connectivity index (χ4v) is 2.15. The van der Waals surface area contributed by atoms with Gasteiger partial charge in [-0.3, -0.25) is 14.4 Å². The average Bonchev–Trinajstić information content (AvgIpc) is 2.26. The molecule has 0 N–H and O–H groups in total. The molecule has 0 amide bonds. The van der Waals surface area contributed by atoms with Crippen LogP contribution in [0.4, 0.5) is 0 Å². The van der Waals surface area contributed by atoms with Crippen molar-refractivity contribution in [3.63, 3.8) is 0 Å². The summed E-state index contributed by atoms with van der Waals surface area (Å²) in [5.41, 5.74) is -1.08. The van der Waals surface area contributed by atoms with E-state index in [4.69, 9.17) is 11.6 Å². The van der Waals surface area contributed by atoms with E-state index in [0.717, 1.165) is 0 Å². The zero-order chi connectivity index (χ0) is 10.9. The van der Waals surface area contributed by atoms with Crippen LogP contribution in [-0.4, -0.2) is 17.2 Å². The van der Waals surface area contributed by atoms with Crippen molar-refractivity contribution in [2.75, 3.05) is 0 Å². The summed E-state index contributed by atoms with van der Waals surface area (Å²) in [7, 11) is 0. The van der Waals surface area contributed by atoms with Crippen LogP contribution in [0, 0.1) is 11.3 Å². The fraction of sp³-hybridized carbons (Fsp3) is 0.667. The van der Waals surface area contributed by atoms with Gasteiger partial charge in [0.2, 0.25) is 5.24 Å². The number of cyclic esters (lactones) is 2. The molecule has 14 heavy (non-hydrogen) atoms. The van der Waals surface area contributed by atoms with Crippen LogP contribution in [-0.2, 0) is 19.1 Å². The molecule has 2 unspecified atom stereocenters. The Morgan fingerprint density at radius 2 is 2.21 bits per heavy atom. The Balaban J connectivity index is 2.98. The zero-order valence-corrected chi connectivity index (χ0v) is 8.76. The van der Waals surface area contributed by atoms with Crippen molar-refractivity contribution in [2.45, 2.75) is 26.7 Å². The summed E-state index contributed by atoms with van der Waals surface area (Å²) in [6.07, 6.45) is 0.351. The number of hydrogen-bond acceptors (Lipinski definition) is 4. The molecule has 1 aliphatic heterocycles. The Bertz CT molecular complexity index is 299. The van der Waals surface area contributed by atoms with Crippen molar-refractivity contribution in [1.82, 2.24) is 0 Å². The van der Waals surface area contributed by atoms with Crippen LogP contribution in [0.2, 0.25) is 0 Å². The van der Waals surface area contributed by atoms with Crippen molar-refractivity contribution >= 4 is 28.8 Å². The lowest BCUT2D eigenvalue weighted by molar-refractivity contribution is -0.156. The van der Waals surface area contributed by atoms with Crippen molar-refractivity contribution in [2.24, 2.45) is 11.3 Å². The molecule has 0 bridgehead atoms. The van der Waals surface area contributed by atoms with E-state index in [2.05, 4.69) is 4.74 Å². The quantitative estimate of drug-likeness (QED) is 0.407. The van der Waals surface area contributed by atoms with Gasteiger partial charge in [-0.15, -0.1) is 0 Å². The molecule has 2 atom stereocenters. The lowest BCUT2D eigenvalue weighted by Crippen LogP contribution is -2.35. The summed E-state index contributed by atoms with van der Waals surface area (Å²) in [5, 5.41) is -0.596. The van der Waals surface area contributed by atoms with Gasteiger partial charge in [0.05, 0.1) is 11.8 Å². The second kappa shape index (κ2) is 3.69. The minimum absolute atomic E-state index is 0.0667. The molecule has 0 radical (unpaired) electrons. The predicted octanol–water partition coefficient (Wildman–Crippen LogP) is 1.26. The minimum atomic E-state index is -1.08. The summed E-state index contributed by atoms with van der Waals surface area (Å²) in [4.78, 5) is 33.3. The molecule has 0 spiro atoms. The van der Waals surface area contributed by atoms with E-state index in [0.29, 0.717) is 6.42 Å². The highest BCUT2D eigenvalue weighted by molar-refractivity contribution is 6.64. The van der Waals surface area contributed by atoms with E-state index < -0.39 is 28.5 Å². The van der Waals surface area contributed by atoms with Crippen LogP contribution in [0.5, 0.6) is 0 Å². The lowest BCUT2D eigenvalue weighted by Gasteiger charge is -2.24. The molecule has 78 valence electrons. The van der Waals surface area contributed by atoms with Gasteiger partial charge in [-0.25, -0.2) is 0 Å². The van der Waals surface area contributed by atoms with Crippen molar-refractivity contribution in [3.8, 4) is 0 Å². The third kappa shape index (κ3) is 1.66. The summed E-state index contributed by atoms with van der Waals surface area (Å²) in [5.74, 6) is -1.89. The Kier molecular flexibility index (Phi) is 2.95. The average molecular weight is 219 g/mol. The molecule has 0 aromatic carbocycles. The lowest BCUT2D eigenvalue weighted by atomic mass is 9.75. The Hall–Kier alpha value is -0.900. The standard InChI is InChI=1S/C9H11ClO4/c1-3-5(7(10)12)9(2)4-6(11)14-8(9)13/h5H,3-4H2,1-2H3. The predicted molar refractivity (Wildman–Crippen MR) is 48.5 cm³/mol. The van der Waals surface area contributed by atoms with Crippen LogP contribution < -0.4 is 0 Å². The molecule has 0 aromatic heterocycles. The van der Waals surface area contributed by atoms with E-state index in [-0.39, 0.29) is 6.42 Å². The summed E-state index contributed by atoms with van der Waals surface area (Å²) in [6.45, 7) is 3.28. The molecule has 1 rings (SSSR count). The van der Waals surface area contributed by atoms with Crippen LogP contribution >= 0.6 is 11.6 Å². The van der Waals surface area contributed by atoms with E-state index in [1.165, 1.54) is 6.92 Å². The van der Waals surface area contributed by atoms with Gasteiger partial charge < -0.3 is 4.74 Å². The van der Waals surface area contributed by atoms with Gasteiger partial charge in [0.25, 0.3) is 0 Å². The molecule has 0 aliphatic carbocycles. The van der Waals surface area contributed by atoms with Crippen LogP contribution in [0.15, 0.2) is 0 Å². The third-order valence-electron chi connectivity index (χ3n) is 2.64. The first-order valence-corrected chi connectivity index (χ1v) is 4.74. The molecule has 1 fully saturated rings. The molecule has 1 aliphatic rings. The number of carbonyl (C=O) groups is 3. The highest BCUT2D eigenvalue weighted by atomic mass is 35.5. The zero-order valence-electron chi connectivity index (χ0n) is 8.00. The molecular formula is C9H11ClO4. The highest BCUT2D eigenvalue weighted by Crippen LogP contribution is 2.40. The monoisotopic (exact) mass is 218 g/mol. The van der Waals surface area contributed by atoms with Crippen LogP contribution in [0.25, 0.3) is 0 Å². The van der Waals surface area contributed by atoms with E-state index in [9.17, 15) is 14.4 Å². The summed E-state index contributed by atoms with van der Waals surface area (Å²) < 4.78 is 4.42. The second-order valence-corrected chi connectivity index (χ2v) is 3.99. The largest absolute Gasteiger partial charge is 0.393 e. The first-order valence-electron chi connectivity index (χ1n) is 4.36. The third-order valence-corrected chi connectivity index (χ3v) is 2.90. The summed E-state index contributed by atoms with van der Waals surface area (Å²) >= 11 is 5.37. The SMILES string of the molecule is CCC(C(=O)Cl)C1(C)CC(=O)OC1=O. The second-order valence-electron chi connectivity index (χ2n) is 3.62. The van der Waals surface area contributed by atoms with Crippen LogP contribution in [0.1, 0.15) is 26.7 Å². The van der Waals surface area contributed by atoms with Crippen LogP contribution in [0.3, 0.4) is 0 Å². The smallest absolute Gasteiger partial charge is 0.320 e. The summed E-state index contributed by atoms with van der Waals surface area (Å²) in [6, 6.07) is 0. The Morgan fingerprint density at radius 1 is 1.64 bits per heavy atom. The van der Waals surface area contributed by atoms with E-state index >= 15 is 0 Å². The fourth-order valence-electron chi connectivity index (χ4n) is 1.75. The molecule has 0 saturated carbocycles. The molecule has 0 aromatic rings. The van der Waals surface area contributed by atoms with Crippen molar-refractivity contribution < 1.29 is 19.1 Å². The number of esters is 2. The Labute approximate surface area is 86.6 Å². The van der Waals surface area contributed by atoms with Gasteiger partial charge in [-0.05, 0) is 24.9 Å². The first kappa shape index (κ1) is 11.2. The van der Waals surface area contributed by atoms with Crippen molar-refractivity contribution in [1.29, 1.82) is 0 Å².